The van der Waals surface area contributed by atoms with Crippen molar-refractivity contribution in [3.63, 3.8) is 0 Å². The van der Waals surface area contributed by atoms with E-state index in [1.165, 1.54) is 10.4 Å². The molecule has 0 spiro atoms. The predicted octanol–water partition coefficient (Wildman–Crippen LogP) is 2.96. The molecule has 0 aliphatic carbocycles. The number of nitrogens with zero attached hydrogens (tertiary/aromatic N) is 1. The molecular weight excluding hydrogens is 364 g/mol. The minimum absolute atomic E-state index is 0.0628. The number of rotatable bonds is 5. The second kappa shape index (κ2) is 7.89. The van der Waals surface area contributed by atoms with Crippen LogP contribution in [-0.4, -0.2) is 50.5 Å². The van der Waals surface area contributed by atoms with E-state index in [2.05, 4.69) is 26.1 Å². The lowest BCUT2D eigenvalue weighted by atomic mass is 9.81. The van der Waals surface area contributed by atoms with Crippen LogP contribution in [0.5, 0.6) is 0 Å². The molecule has 1 saturated heterocycles. The largest absolute Gasteiger partial charge is 0.379 e. The van der Waals surface area contributed by atoms with Gasteiger partial charge in [-0.1, -0.05) is 26.8 Å². The van der Waals surface area contributed by atoms with Gasteiger partial charge in [0.05, 0.1) is 18.1 Å². The molecule has 2 rings (SSSR count). The van der Waals surface area contributed by atoms with E-state index in [9.17, 15) is 13.2 Å². The first kappa shape index (κ1) is 21.9. The number of carbonyl (C=O) groups excluding carboxylic acids is 1. The van der Waals surface area contributed by atoms with Crippen LogP contribution in [0.2, 0.25) is 0 Å². The van der Waals surface area contributed by atoms with Crippen LogP contribution < -0.4 is 5.32 Å². The average molecular weight is 397 g/mol. The zero-order valence-electron chi connectivity index (χ0n) is 17.3. The zero-order valence-corrected chi connectivity index (χ0v) is 18.1. The molecule has 27 heavy (non-hydrogen) atoms. The van der Waals surface area contributed by atoms with Crippen molar-refractivity contribution < 1.29 is 17.9 Å². The number of ether oxygens (including phenoxy) is 1. The number of hydrogen-bond acceptors (Lipinski definition) is 4. The van der Waals surface area contributed by atoms with Gasteiger partial charge in [-0.15, -0.1) is 0 Å². The number of carbonyl (C=O) groups is 1. The van der Waals surface area contributed by atoms with Crippen LogP contribution in [0, 0.1) is 12.3 Å². The van der Waals surface area contributed by atoms with Crippen molar-refractivity contribution >= 4 is 15.9 Å². The average Bonchev–Trinajstić information content (AvgIpc) is 2.53. The third-order valence-corrected chi connectivity index (χ3v) is 6.38. The van der Waals surface area contributed by atoms with E-state index >= 15 is 0 Å². The second-order valence-corrected chi connectivity index (χ2v) is 11.0. The van der Waals surface area contributed by atoms with Crippen molar-refractivity contribution in [2.45, 2.75) is 58.4 Å². The van der Waals surface area contributed by atoms with E-state index in [-0.39, 0.29) is 16.2 Å². The Bertz CT molecular complexity index is 789. The molecule has 0 atom stereocenters. The van der Waals surface area contributed by atoms with E-state index in [1.807, 2.05) is 20.8 Å². The molecular formula is C20H32N2O4S. The van der Waals surface area contributed by atoms with Crippen LogP contribution in [0.15, 0.2) is 23.1 Å². The van der Waals surface area contributed by atoms with E-state index in [4.69, 9.17) is 4.74 Å². The molecule has 0 radical (unpaired) electrons. The van der Waals surface area contributed by atoms with Crippen LogP contribution in [-0.2, 0) is 14.8 Å². The van der Waals surface area contributed by atoms with Gasteiger partial charge in [-0.3, -0.25) is 4.79 Å². The van der Waals surface area contributed by atoms with Crippen LogP contribution >= 0.6 is 0 Å². The zero-order chi connectivity index (χ0) is 20.5. The van der Waals surface area contributed by atoms with E-state index < -0.39 is 15.6 Å². The summed E-state index contributed by atoms with van der Waals surface area (Å²) in [6.07, 6.45) is 0.802. The molecule has 6 nitrogen and oxygen atoms in total. The highest BCUT2D eigenvalue weighted by Crippen LogP contribution is 2.27. The van der Waals surface area contributed by atoms with Crippen molar-refractivity contribution in [1.82, 2.24) is 9.62 Å². The molecule has 1 fully saturated rings. The number of aryl methyl sites for hydroxylation is 1. The monoisotopic (exact) mass is 396 g/mol. The third-order valence-electron chi connectivity index (χ3n) is 4.49. The Morgan fingerprint density at radius 3 is 2.30 bits per heavy atom. The highest BCUT2D eigenvalue weighted by atomic mass is 32.2. The minimum atomic E-state index is -3.63. The Labute approximate surface area is 163 Å². The molecule has 1 aromatic carbocycles. The lowest BCUT2D eigenvalue weighted by Crippen LogP contribution is -2.46. The van der Waals surface area contributed by atoms with Gasteiger partial charge in [0.15, 0.2) is 0 Å². The van der Waals surface area contributed by atoms with Crippen molar-refractivity contribution in [3.05, 3.63) is 29.3 Å². The first-order valence-electron chi connectivity index (χ1n) is 9.33. The summed E-state index contributed by atoms with van der Waals surface area (Å²) in [5, 5.41) is 3.06. The van der Waals surface area contributed by atoms with Crippen molar-refractivity contribution in [2.75, 3.05) is 26.3 Å². The van der Waals surface area contributed by atoms with E-state index in [0.29, 0.717) is 31.9 Å². The molecule has 1 aliphatic rings. The van der Waals surface area contributed by atoms with Crippen LogP contribution in [0.1, 0.15) is 57.0 Å². The van der Waals surface area contributed by atoms with Gasteiger partial charge in [0, 0.05) is 24.2 Å². The summed E-state index contributed by atoms with van der Waals surface area (Å²) in [6, 6.07) is 4.75. The summed E-state index contributed by atoms with van der Waals surface area (Å²) >= 11 is 0. The fourth-order valence-corrected chi connectivity index (χ4v) is 5.12. The standard InChI is InChI=1S/C20H32N2O4S/c1-15-7-8-16(27(24,25)22-9-11-26-12-10-22)13-17(15)18(23)21-20(5,6)14-19(2,3)4/h7-8,13H,9-12,14H2,1-6H3,(H,21,23). The van der Waals surface area contributed by atoms with Gasteiger partial charge in [0.1, 0.15) is 0 Å². The Kier molecular flexibility index (Phi) is 6.39. The number of hydrogen-bond donors (Lipinski definition) is 1. The molecule has 1 aliphatic heterocycles. The Hall–Kier alpha value is -1.44. The van der Waals surface area contributed by atoms with Gasteiger partial charge < -0.3 is 10.1 Å². The second-order valence-electron chi connectivity index (χ2n) is 9.07. The fraction of sp³-hybridized carbons (Fsp3) is 0.650. The molecule has 0 unspecified atom stereocenters. The molecule has 152 valence electrons. The van der Waals surface area contributed by atoms with Gasteiger partial charge in [0.2, 0.25) is 10.0 Å². The van der Waals surface area contributed by atoms with Gasteiger partial charge in [-0.2, -0.15) is 4.31 Å². The van der Waals surface area contributed by atoms with Crippen LogP contribution in [0.3, 0.4) is 0 Å². The minimum Gasteiger partial charge on any atom is -0.379 e. The van der Waals surface area contributed by atoms with Crippen molar-refractivity contribution in [3.8, 4) is 0 Å². The summed E-state index contributed by atoms with van der Waals surface area (Å²) in [6.45, 7) is 13.6. The Morgan fingerprint density at radius 2 is 1.74 bits per heavy atom. The maximum atomic E-state index is 12.9. The summed E-state index contributed by atoms with van der Waals surface area (Å²) in [4.78, 5) is 13.0. The van der Waals surface area contributed by atoms with Crippen LogP contribution in [0.25, 0.3) is 0 Å². The molecule has 7 heteroatoms. The van der Waals surface area contributed by atoms with Crippen molar-refractivity contribution in [2.24, 2.45) is 5.41 Å². The maximum Gasteiger partial charge on any atom is 0.252 e. The summed E-state index contributed by atoms with van der Waals surface area (Å²) < 4.78 is 32.4. The summed E-state index contributed by atoms with van der Waals surface area (Å²) in [7, 11) is -3.63. The fourth-order valence-electron chi connectivity index (χ4n) is 3.69. The molecule has 0 bridgehead atoms. The maximum absolute atomic E-state index is 12.9. The van der Waals surface area contributed by atoms with Crippen molar-refractivity contribution in [1.29, 1.82) is 0 Å². The van der Waals surface area contributed by atoms with Gasteiger partial charge in [-0.05, 0) is 50.3 Å². The Balaban J connectivity index is 2.27. The topological polar surface area (TPSA) is 75.7 Å². The van der Waals surface area contributed by atoms with Gasteiger partial charge >= 0.3 is 0 Å². The molecule has 1 aromatic rings. The quantitative estimate of drug-likeness (QED) is 0.830. The lowest BCUT2D eigenvalue weighted by Gasteiger charge is -2.33. The number of amides is 1. The number of morpholine rings is 1. The SMILES string of the molecule is Cc1ccc(S(=O)(=O)N2CCOCC2)cc1C(=O)NC(C)(C)CC(C)(C)C. The van der Waals surface area contributed by atoms with Gasteiger partial charge in [-0.25, -0.2) is 8.42 Å². The normalized spacial score (nSPS) is 17.0. The van der Waals surface area contributed by atoms with E-state index in [0.717, 1.165) is 12.0 Å². The number of sulfonamides is 1. The molecule has 1 N–H and O–H groups in total. The number of nitrogens with one attached hydrogen (secondary N) is 1. The summed E-state index contributed by atoms with van der Waals surface area (Å²) in [5.74, 6) is -0.249. The lowest BCUT2D eigenvalue weighted by molar-refractivity contribution is 0.0730. The predicted molar refractivity (Wildman–Crippen MR) is 106 cm³/mol. The van der Waals surface area contributed by atoms with Crippen LogP contribution in [0.4, 0.5) is 0 Å². The first-order chi connectivity index (χ1) is 12.3. The first-order valence-corrected chi connectivity index (χ1v) is 10.8. The van der Waals surface area contributed by atoms with E-state index in [1.54, 1.807) is 12.1 Å². The molecule has 0 aromatic heterocycles. The highest BCUT2D eigenvalue weighted by Gasteiger charge is 2.30. The summed E-state index contributed by atoms with van der Waals surface area (Å²) in [5.41, 5.74) is 0.806. The third kappa shape index (κ3) is 5.77. The smallest absolute Gasteiger partial charge is 0.252 e. The molecule has 0 saturated carbocycles. The Morgan fingerprint density at radius 1 is 1.15 bits per heavy atom. The highest BCUT2D eigenvalue weighted by molar-refractivity contribution is 7.89. The molecule has 1 heterocycles. The number of benzene rings is 1. The van der Waals surface area contributed by atoms with Gasteiger partial charge in [0.25, 0.3) is 5.91 Å². The molecule has 1 amide bonds.